The molecule has 0 N–H and O–H groups in total. The zero-order valence-corrected chi connectivity index (χ0v) is 20.4. The first-order chi connectivity index (χ1) is 16.7. The van der Waals surface area contributed by atoms with E-state index < -0.39 is 47.2 Å². The van der Waals surface area contributed by atoms with Crippen molar-refractivity contribution >= 4 is 46.7 Å². The lowest BCUT2D eigenvalue weighted by Crippen LogP contribution is -2.57. The van der Waals surface area contributed by atoms with Gasteiger partial charge >= 0.3 is 0 Å². The average Bonchev–Trinajstić information content (AvgIpc) is 3.10. The average molecular weight is 517 g/mol. The summed E-state index contributed by atoms with van der Waals surface area (Å²) in [5.74, 6) is -4.37. The lowest BCUT2D eigenvalue weighted by molar-refractivity contribution is -0.156. The largest absolute Gasteiger partial charge is 0.292 e. The van der Waals surface area contributed by atoms with Crippen LogP contribution in [0.25, 0.3) is 0 Å². The predicted molar refractivity (Wildman–Crippen MR) is 129 cm³/mol. The summed E-state index contributed by atoms with van der Waals surface area (Å²) in [4.78, 5) is 54.4. The van der Waals surface area contributed by atoms with Crippen molar-refractivity contribution in [3.05, 3.63) is 82.6 Å². The molecular formula is C26H23Cl2FN2O4. The monoisotopic (exact) mass is 516 g/mol. The topological polar surface area (TPSA) is 74.8 Å². The zero-order chi connectivity index (χ0) is 25.3. The first-order valence-corrected chi connectivity index (χ1v) is 12.1. The number of carbonyl (C=O) groups is 4. The molecule has 1 aliphatic heterocycles. The van der Waals surface area contributed by atoms with Gasteiger partial charge in [0.2, 0.25) is 0 Å². The maximum atomic E-state index is 13.8. The van der Waals surface area contributed by atoms with Crippen molar-refractivity contribution in [3.8, 4) is 0 Å². The number of alkyl halides is 1. The highest BCUT2D eigenvalue weighted by molar-refractivity contribution is 6.30. The molecule has 0 radical (unpaired) electrons. The van der Waals surface area contributed by atoms with Gasteiger partial charge in [-0.25, -0.2) is 9.40 Å². The van der Waals surface area contributed by atoms with Crippen LogP contribution < -0.4 is 0 Å². The van der Waals surface area contributed by atoms with E-state index in [0.717, 1.165) is 22.2 Å². The van der Waals surface area contributed by atoms with E-state index in [1.54, 1.807) is 0 Å². The van der Waals surface area contributed by atoms with Gasteiger partial charge in [-0.1, -0.05) is 30.7 Å². The summed E-state index contributed by atoms with van der Waals surface area (Å²) < 4.78 is 13.5. The number of allylic oxidation sites excluding steroid dienone is 2. The minimum atomic E-state index is -1.27. The molecule has 1 fully saturated rings. The molecule has 3 amide bonds. The van der Waals surface area contributed by atoms with Crippen molar-refractivity contribution < 1.29 is 23.6 Å². The van der Waals surface area contributed by atoms with Crippen LogP contribution >= 0.6 is 23.2 Å². The maximum absolute atomic E-state index is 13.8. The number of halogens is 3. The van der Waals surface area contributed by atoms with Gasteiger partial charge in [0, 0.05) is 22.0 Å². The van der Waals surface area contributed by atoms with E-state index in [9.17, 15) is 23.6 Å². The number of amides is 3. The van der Waals surface area contributed by atoms with Gasteiger partial charge in [-0.15, -0.1) is 11.6 Å². The molecule has 0 aromatic heterocycles. The van der Waals surface area contributed by atoms with Crippen LogP contribution in [0.15, 0.2) is 60.7 Å². The molecule has 1 heterocycles. The molecule has 35 heavy (non-hydrogen) atoms. The Balaban J connectivity index is 1.81. The lowest BCUT2D eigenvalue weighted by atomic mass is 9.78. The van der Waals surface area contributed by atoms with Gasteiger partial charge in [-0.3, -0.25) is 19.2 Å². The Hall–Kier alpha value is -3.03. The number of nitrogens with zero attached hydrogens (tertiary/aromatic N) is 2. The molecule has 2 aromatic rings. The van der Waals surface area contributed by atoms with Crippen LogP contribution in [0.5, 0.6) is 0 Å². The molecule has 1 saturated heterocycles. The number of carbonyl (C=O) groups excluding carboxylic acids is 4. The summed E-state index contributed by atoms with van der Waals surface area (Å²) in [5.41, 5.74) is 0.268. The van der Waals surface area contributed by atoms with E-state index in [-0.39, 0.29) is 29.3 Å². The Morgan fingerprint density at radius 2 is 1.69 bits per heavy atom. The van der Waals surface area contributed by atoms with Gasteiger partial charge in [0.1, 0.15) is 11.9 Å². The van der Waals surface area contributed by atoms with Crippen LogP contribution in [0.3, 0.4) is 0 Å². The van der Waals surface area contributed by atoms with Crippen LogP contribution in [-0.2, 0) is 9.59 Å². The molecular weight excluding hydrogens is 494 g/mol. The molecule has 0 unspecified atom stereocenters. The van der Waals surface area contributed by atoms with Gasteiger partial charge in [0.25, 0.3) is 17.7 Å². The van der Waals surface area contributed by atoms with Crippen molar-refractivity contribution in [2.75, 3.05) is 5.88 Å². The fourth-order valence-corrected chi connectivity index (χ4v) is 5.05. The van der Waals surface area contributed by atoms with E-state index in [1.807, 2.05) is 19.1 Å². The number of Topliss-reactive ketones (excluding diaryl/α,β-unsaturated/α-hetero) is 1. The smallest absolute Gasteiger partial charge is 0.273 e. The summed E-state index contributed by atoms with van der Waals surface area (Å²) >= 11 is 12.0. The SMILES string of the molecule is C[C@@H]1C=CC[C@@H]2C(=O)N(N(C(=O)c3ccc(Cl)cc3)[C@H](CCCl)C(=O)c3ccc(F)cc3)C(=O)[C@@H]12. The van der Waals surface area contributed by atoms with Crippen LogP contribution in [0.1, 0.15) is 40.5 Å². The Morgan fingerprint density at radius 3 is 2.29 bits per heavy atom. The summed E-state index contributed by atoms with van der Waals surface area (Å²) in [5, 5.41) is 2.16. The van der Waals surface area contributed by atoms with E-state index >= 15 is 0 Å². The van der Waals surface area contributed by atoms with E-state index in [2.05, 4.69) is 0 Å². The Morgan fingerprint density at radius 1 is 1.06 bits per heavy atom. The van der Waals surface area contributed by atoms with E-state index in [0.29, 0.717) is 11.4 Å². The molecule has 1 aliphatic carbocycles. The molecule has 2 aliphatic rings. The molecule has 6 nitrogen and oxygen atoms in total. The third-order valence-electron chi connectivity index (χ3n) is 6.47. The summed E-state index contributed by atoms with van der Waals surface area (Å²) in [6.07, 6.45) is 4.06. The normalized spacial score (nSPS) is 22.2. The summed E-state index contributed by atoms with van der Waals surface area (Å²) in [6.45, 7) is 1.84. The number of fused-ring (bicyclic) bond motifs is 1. The summed E-state index contributed by atoms with van der Waals surface area (Å²) in [7, 11) is 0. The number of imide groups is 1. The van der Waals surface area contributed by atoms with Gasteiger partial charge in [-0.2, -0.15) is 5.01 Å². The van der Waals surface area contributed by atoms with Crippen molar-refractivity contribution in [2.24, 2.45) is 17.8 Å². The number of benzene rings is 2. The Labute approximate surface area is 212 Å². The minimum absolute atomic E-state index is 0.0248. The summed E-state index contributed by atoms with van der Waals surface area (Å²) in [6, 6.07) is 9.51. The quantitative estimate of drug-likeness (QED) is 0.226. The van der Waals surface area contributed by atoms with Gasteiger partial charge in [0.05, 0.1) is 11.8 Å². The van der Waals surface area contributed by atoms with Gasteiger partial charge < -0.3 is 0 Å². The second-order valence-corrected chi connectivity index (χ2v) is 9.48. The van der Waals surface area contributed by atoms with Crippen molar-refractivity contribution in [3.63, 3.8) is 0 Å². The Kier molecular flexibility index (Phi) is 7.38. The van der Waals surface area contributed by atoms with Crippen LogP contribution in [0.4, 0.5) is 4.39 Å². The van der Waals surface area contributed by atoms with Gasteiger partial charge in [-0.05, 0) is 67.3 Å². The number of rotatable bonds is 7. The van der Waals surface area contributed by atoms with Crippen molar-refractivity contribution in [2.45, 2.75) is 25.8 Å². The third-order valence-corrected chi connectivity index (χ3v) is 6.94. The van der Waals surface area contributed by atoms with Crippen LogP contribution in [0.2, 0.25) is 5.02 Å². The first kappa shape index (κ1) is 25.1. The molecule has 0 saturated carbocycles. The molecule has 2 aromatic carbocycles. The highest BCUT2D eigenvalue weighted by Crippen LogP contribution is 2.40. The molecule has 4 atom stereocenters. The highest BCUT2D eigenvalue weighted by atomic mass is 35.5. The number of hydrogen-bond acceptors (Lipinski definition) is 4. The lowest BCUT2D eigenvalue weighted by Gasteiger charge is -2.36. The van der Waals surface area contributed by atoms with Gasteiger partial charge in [0.15, 0.2) is 5.78 Å². The maximum Gasteiger partial charge on any atom is 0.273 e. The predicted octanol–water partition coefficient (Wildman–Crippen LogP) is 4.91. The number of hydrazine groups is 1. The molecule has 0 spiro atoms. The second-order valence-electron chi connectivity index (χ2n) is 8.66. The van der Waals surface area contributed by atoms with Crippen LogP contribution in [-0.4, -0.2) is 45.4 Å². The fourth-order valence-electron chi connectivity index (χ4n) is 4.71. The number of hydrogen-bond donors (Lipinski definition) is 0. The second kappa shape index (κ2) is 10.3. The standard InChI is InChI=1S/C26H23Cl2FN2O4/c1-15-3-2-4-20-22(15)26(35)31(25(20)34)30(24(33)17-5-9-18(28)10-6-17)21(13-14-27)23(32)16-7-11-19(29)12-8-16/h2-3,5-12,15,20-22H,4,13-14H2,1H3/t15-,20+,21-,22+/m1/s1. The fraction of sp³-hybridized carbons (Fsp3) is 0.308. The van der Waals surface area contributed by atoms with E-state index in [4.69, 9.17) is 23.2 Å². The minimum Gasteiger partial charge on any atom is -0.292 e. The van der Waals surface area contributed by atoms with Crippen molar-refractivity contribution in [1.29, 1.82) is 0 Å². The van der Waals surface area contributed by atoms with E-state index in [1.165, 1.54) is 36.4 Å². The Bertz CT molecular complexity index is 1180. The first-order valence-electron chi connectivity index (χ1n) is 11.2. The van der Waals surface area contributed by atoms with Crippen LogP contribution in [0, 0.1) is 23.6 Å². The molecule has 182 valence electrons. The molecule has 0 bridgehead atoms. The number of ketones is 1. The van der Waals surface area contributed by atoms with Crippen molar-refractivity contribution in [1.82, 2.24) is 10.0 Å². The molecule has 9 heteroatoms. The molecule has 4 rings (SSSR count). The zero-order valence-electron chi connectivity index (χ0n) is 18.9. The third kappa shape index (κ3) is 4.75. The highest BCUT2D eigenvalue weighted by Gasteiger charge is 2.54.